The van der Waals surface area contributed by atoms with E-state index >= 15 is 0 Å². The maximum atomic E-state index is 12.8. The number of nitriles is 1. The van der Waals surface area contributed by atoms with Gasteiger partial charge >= 0.3 is 6.36 Å². The molecule has 1 aromatic carbocycles. The average molecular weight is 240 g/mol. The number of hydrogen-bond donors (Lipinski definition) is 0. The molecule has 0 aliphatic rings. The molecule has 0 aliphatic heterocycles. The summed E-state index contributed by atoms with van der Waals surface area (Å²) in [6, 6.07) is 2.54. The molecule has 0 aliphatic carbocycles. The summed E-state index contributed by atoms with van der Waals surface area (Å²) in [5, 5.41) is 7.88. The maximum absolute atomic E-state index is 12.8. The summed E-state index contributed by atoms with van der Waals surface area (Å²) in [6.45, 7) is 0. The van der Waals surface area contributed by atoms with Crippen LogP contribution >= 0.6 is 11.6 Å². The van der Waals surface area contributed by atoms with E-state index in [1.54, 1.807) is 0 Å². The van der Waals surface area contributed by atoms with Gasteiger partial charge in [0.15, 0.2) is 0 Å². The lowest BCUT2D eigenvalue weighted by Gasteiger charge is -2.10. The van der Waals surface area contributed by atoms with E-state index in [1.807, 2.05) is 0 Å². The molecule has 7 heteroatoms. The molecule has 0 N–H and O–H groups in total. The highest BCUT2D eigenvalue weighted by Gasteiger charge is 2.32. The summed E-state index contributed by atoms with van der Waals surface area (Å²) < 4.78 is 51.7. The first-order valence-corrected chi connectivity index (χ1v) is 3.86. The van der Waals surface area contributed by atoms with E-state index in [9.17, 15) is 17.6 Å². The molecule has 2 nitrogen and oxygen atoms in total. The summed E-state index contributed by atoms with van der Waals surface area (Å²) >= 11 is 5.24. The predicted octanol–water partition coefficient (Wildman–Crippen LogP) is 3.25. The third kappa shape index (κ3) is 2.99. The zero-order valence-corrected chi connectivity index (χ0v) is 7.66. The minimum Gasteiger partial charge on any atom is -0.404 e. The van der Waals surface area contributed by atoms with Gasteiger partial charge in [0.05, 0.1) is 10.6 Å². The summed E-state index contributed by atoms with van der Waals surface area (Å²) in [5.74, 6) is -1.81. The lowest BCUT2D eigenvalue weighted by molar-refractivity contribution is -0.274. The van der Waals surface area contributed by atoms with Crippen LogP contribution < -0.4 is 4.74 Å². The lowest BCUT2D eigenvalue weighted by Crippen LogP contribution is -2.18. The van der Waals surface area contributed by atoms with Crippen molar-refractivity contribution in [1.82, 2.24) is 0 Å². The van der Waals surface area contributed by atoms with Gasteiger partial charge in [-0.2, -0.15) is 5.26 Å². The fourth-order valence-electron chi connectivity index (χ4n) is 0.825. The number of ether oxygens (including phenoxy) is 1. The Labute approximate surface area is 86.6 Å². The van der Waals surface area contributed by atoms with Crippen LogP contribution in [0, 0.1) is 17.1 Å². The summed E-state index contributed by atoms with van der Waals surface area (Å²) in [5.41, 5.74) is -0.575. The molecule has 0 amide bonds. The molecule has 0 radical (unpaired) electrons. The number of rotatable bonds is 1. The second-order valence-corrected chi connectivity index (χ2v) is 2.83. The highest BCUT2D eigenvalue weighted by Crippen LogP contribution is 2.30. The summed E-state index contributed by atoms with van der Waals surface area (Å²) in [7, 11) is 0. The van der Waals surface area contributed by atoms with Crippen LogP contribution in [0.5, 0.6) is 5.75 Å². The molecule has 1 aromatic rings. The standard InChI is InChI=1S/C8H2ClF4NO/c9-5-2-7(15-8(11,12)13)4(3-14)1-6(5)10/h1-2H. The third-order valence-electron chi connectivity index (χ3n) is 1.37. The van der Waals surface area contributed by atoms with Crippen LogP contribution in [0.4, 0.5) is 17.6 Å². The molecular weight excluding hydrogens is 238 g/mol. The van der Waals surface area contributed by atoms with E-state index in [2.05, 4.69) is 4.74 Å². The van der Waals surface area contributed by atoms with Gasteiger partial charge in [-0.3, -0.25) is 0 Å². The first kappa shape index (κ1) is 11.6. The molecule has 0 saturated carbocycles. The van der Waals surface area contributed by atoms with Crippen molar-refractivity contribution in [2.45, 2.75) is 6.36 Å². The maximum Gasteiger partial charge on any atom is 0.573 e. The molecule has 80 valence electrons. The number of halogens is 5. The molecule has 15 heavy (non-hydrogen) atoms. The monoisotopic (exact) mass is 239 g/mol. The van der Waals surface area contributed by atoms with E-state index < -0.39 is 28.5 Å². The van der Waals surface area contributed by atoms with E-state index in [4.69, 9.17) is 16.9 Å². The molecule has 0 aromatic heterocycles. The molecule has 0 unspecified atom stereocenters. The number of nitrogens with zero attached hydrogens (tertiary/aromatic N) is 1. The smallest absolute Gasteiger partial charge is 0.404 e. The first-order valence-electron chi connectivity index (χ1n) is 3.48. The Morgan fingerprint density at radius 1 is 1.33 bits per heavy atom. The minimum absolute atomic E-state index is 0.548. The van der Waals surface area contributed by atoms with Crippen LogP contribution in [0.25, 0.3) is 0 Å². The summed E-state index contributed by atoms with van der Waals surface area (Å²) in [6.07, 6.45) is -4.95. The topological polar surface area (TPSA) is 33.0 Å². The lowest BCUT2D eigenvalue weighted by atomic mass is 10.2. The highest BCUT2D eigenvalue weighted by molar-refractivity contribution is 6.30. The van der Waals surface area contributed by atoms with Gasteiger partial charge in [0.2, 0.25) is 0 Å². The minimum atomic E-state index is -4.95. The Kier molecular flexibility index (Phi) is 3.05. The van der Waals surface area contributed by atoms with Crippen molar-refractivity contribution in [2.24, 2.45) is 0 Å². The SMILES string of the molecule is N#Cc1cc(F)c(Cl)cc1OC(F)(F)F. The Balaban J connectivity index is 3.18. The van der Waals surface area contributed by atoms with Gasteiger partial charge in [-0.25, -0.2) is 4.39 Å². The van der Waals surface area contributed by atoms with Crippen molar-refractivity contribution in [1.29, 1.82) is 5.26 Å². The highest BCUT2D eigenvalue weighted by atomic mass is 35.5. The average Bonchev–Trinajstić information content (AvgIpc) is 2.08. The Hall–Kier alpha value is -1.48. The van der Waals surface area contributed by atoms with Gasteiger partial charge in [-0.05, 0) is 6.07 Å². The third-order valence-corrected chi connectivity index (χ3v) is 1.66. The van der Waals surface area contributed by atoms with Gasteiger partial charge in [-0.1, -0.05) is 11.6 Å². The van der Waals surface area contributed by atoms with Crippen LogP contribution in [0.15, 0.2) is 12.1 Å². The van der Waals surface area contributed by atoms with Crippen molar-refractivity contribution >= 4 is 11.6 Å². The molecule has 0 heterocycles. The van der Waals surface area contributed by atoms with Crippen molar-refractivity contribution in [3.63, 3.8) is 0 Å². The Bertz CT molecular complexity index is 424. The van der Waals surface area contributed by atoms with Crippen LogP contribution in [0.3, 0.4) is 0 Å². The summed E-state index contributed by atoms with van der Waals surface area (Å²) in [4.78, 5) is 0. The Morgan fingerprint density at radius 2 is 1.93 bits per heavy atom. The quantitative estimate of drug-likeness (QED) is 0.705. The van der Waals surface area contributed by atoms with Crippen LogP contribution in [-0.4, -0.2) is 6.36 Å². The molecular formula is C8H2ClF4NO. The van der Waals surface area contributed by atoms with Gasteiger partial charge in [0.1, 0.15) is 17.6 Å². The zero-order valence-electron chi connectivity index (χ0n) is 6.90. The van der Waals surface area contributed by atoms with Gasteiger partial charge < -0.3 is 4.74 Å². The van der Waals surface area contributed by atoms with Crippen molar-refractivity contribution in [3.05, 3.63) is 28.5 Å². The number of alkyl halides is 3. The number of benzene rings is 1. The normalized spacial score (nSPS) is 10.9. The van der Waals surface area contributed by atoms with E-state index in [-0.39, 0.29) is 0 Å². The molecule has 1 rings (SSSR count). The molecule has 0 fully saturated rings. The van der Waals surface area contributed by atoms with E-state index in [0.717, 1.165) is 0 Å². The largest absolute Gasteiger partial charge is 0.573 e. The fraction of sp³-hybridized carbons (Fsp3) is 0.125. The van der Waals surface area contributed by atoms with E-state index in [1.165, 1.54) is 6.07 Å². The first-order chi connectivity index (χ1) is 6.83. The van der Waals surface area contributed by atoms with Crippen molar-refractivity contribution < 1.29 is 22.3 Å². The van der Waals surface area contributed by atoms with Gasteiger partial charge in [-0.15, -0.1) is 13.2 Å². The fourth-order valence-corrected chi connectivity index (χ4v) is 0.979. The molecule has 0 bridgehead atoms. The van der Waals surface area contributed by atoms with E-state index in [0.29, 0.717) is 12.1 Å². The second kappa shape index (κ2) is 3.95. The molecule has 0 spiro atoms. The molecule has 0 atom stereocenters. The predicted molar refractivity (Wildman–Crippen MR) is 42.8 cm³/mol. The second-order valence-electron chi connectivity index (χ2n) is 2.42. The van der Waals surface area contributed by atoms with Crippen molar-refractivity contribution in [2.75, 3.05) is 0 Å². The Morgan fingerprint density at radius 3 is 2.40 bits per heavy atom. The number of hydrogen-bond acceptors (Lipinski definition) is 2. The zero-order chi connectivity index (χ0) is 11.6. The van der Waals surface area contributed by atoms with Gasteiger partial charge in [0, 0.05) is 6.07 Å². The van der Waals surface area contributed by atoms with Gasteiger partial charge in [0.25, 0.3) is 0 Å². The van der Waals surface area contributed by atoms with Crippen LogP contribution in [-0.2, 0) is 0 Å². The van der Waals surface area contributed by atoms with Crippen molar-refractivity contribution in [3.8, 4) is 11.8 Å². The van der Waals surface area contributed by atoms with Crippen LogP contribution in [0.1, 0.15) is 5.56 Å². The molecule has 0 saturated heterocycles. The van der Waals surface area contributed by atoms with Crippen LogP contribution in [0.2, 0.25) is 5.02 Å².